The highest BCUT2D eigenvalue weighted by molar-refractivity contribution is 5.87. The van der Waals surface area contributed by atoms with Gasteiger partial charge in [-0.1, -0.05) is 6.07 Å². The molecule has 12 nitrogen and oxygen atoms in total. The lowest BCUT2D eigenvalue weighted by molar-refractivity contribution is -0.196. The number of benzene rings is 2. The average Bonchev–Trinajstić information content (AvgIpc) is 3.27. The summed E-state index contributed by atoms with van der Waals surface area (Å²) in [6.07, 6.45) is -3.98. The zero-order valence-corrected chi connectivity index (χ0v) is 21.2. The molecule has 0 spiro atoms. The minimum absolute atomic E-state index is 0.0416. The first-order chi connectivity index (χ1) is 18.5. The lowest BCUT2D eigenvalue weighted by atomic mass is 9.79. The lowest BCUT2D eigenvalue weighted by Gasteiger charge is -2.39. The number of carboxylic acid groups (broad SMARTS) is 1. The summed E-state index contributed by atoms with van der Waals surface area (Å²) in [6, 6.07) is 8.05. The van der Waals surface area contributed by atoms with E-state index in [2.05, 4.69) is 0 Å². The molecule has 1 fully saturated rings. The minimum Gasteiger partial charge on any atom is -0.504 e. The van der Waals surface area contributed by atoms with Gasteiger partial charge in [-0.15, -0.1) is 0 Å². The lowest BCUT2D eigenvalue weighted by Crippen LogP contribution is -2.57. The number of carboxylic acids is 1. The summed E-state index contributed by atoms with van der Waals surface area (Å²) in [4.78, 5) is 23.7. The fraction of sp³-hybridized carbons (Fsp3) is 0.407. The zero-order chi connectivity index (χ0) is 28.5. The number of aromatic hydroxyl groups is 1. The van der Waals surface area contributed by atoms with Crippen molar-refractivity contribution in [1.29, 1.82) is 0 Å². The molecule has 39 heavy (non-hydrogen) atoms. The molecule has 12 heteroatoms. The Bertz CT molecular complexity index is 1260. The van der Waals surface area contributed by atoms with E-state index >= 15 is 0 Å². The summed E-state index contributed by atoms with van der Waals surface area (Å²) in [7, 11) is 2.86. The summed E-state index contributed by atoms with van der Waals surface area (Å²) in [5, 5.41) is 59.7. The summed E-state index contributed by atoms with van der Waals surface area (Å²) in [5.41, 5.74) is -0.555. The summed E-state index contributed by atoms with van der Waals surface area (Å²) in [6.45, 7) is -0.278. The molecule has 4 atom stereocenters. The van der Waals surface area contributed by atoms with Crippen molar-refractivity contribution in [2.24, 2.45) is 0 Å². The van der Waals surface area contributed by atoms with Crippen molar-refractivity contribution < 1.29 is 59.2 Å². The molecular weight excluding hydrogens is 516 g/mol. The number of carbonyl (C=O) groups is 2. The van der Waals surface area contributed by atoms with Gasteiger partial charge in [0, 0.05) is 24.5 Å². The first-order valence-corrected chi connectivity index (χ1v) is 12.1. The van der Waals surface area contributed by atoms with Gasteiger partial charge in [0.2, 0.25) is 0 Å². The van der Waals surface area contributed by atoms with E-state index in [-0.39, 0.29) is 18.1 Å². The molecule has 0 amide bonds. The number of aliphatic hydroxyl groups excluding tert-OH is 3. The van der Waals surface area contributed by atoms with Gasteiger partial charge in [0.25, 0.3) is 0 Å². The number of rotatable bonds is 8. The highest BCUT2D eigenvalue weighted by atomic mass is 16.6. The molecule has 6 N–H and O–H groups in total. The number of hydrogen-bond acceptors (Lipinski definition) is 11. The first-order valence-electron chi connectivity index (χ1n) is 12.1. The molecule has 1 aliphatic heterocycles. The Labute approximate surface area is 223 Å². The Balaban J connectivity index is 1.53. The number of hydrogen-bond donors (Lipinski definition) is 6. The second-order valence-corrected chi connectivity index (χ2v) is 9.51. The quantitative estimate of drug-likeness (QED) is 0.203. The summed E-state index contributed by atoms with van der Waals surface area (Å²) in [5.74, 6) is -2.05. The van der Waals surface area contributed by atoms with Gasteiger partial charge in [0.05, 0.1) is 39.0 Å². The van der Waals surface area contributed by atoms with Crippen LogP contribution < -0.4 is 14.2 Å². The van der Waals surface area contributed by atoms with Crippen molar-refractivity contribution in [2.45, 2.75) is 48.8 Å². The van der Waals surface area contributed by atoms with Gasteiger partial charge >= 0.3 is 11.9 Å². The molecule has 2 aromatic carbocycles. The van der Waals surface area contributed by atoms with Crippen LogP contribution in [0, 0.1) is 0 Å². The molecule has 0 radical (unpaired) electrons. The molecule has 1 saturated carbocycles. The van der Waals surface area contributed by atoms with E-state index in [1.54, 1.807) is 24.3 Å². The third-order valence-electron chi connectivity index (χ3n) is 6.98. The minimum atomic E-state index is -2.33. The van der Waals surface area contributed by atoms with Crippen molar-refractivity contribution in [2.75, 3.05) is 20.8 Å². The highest BCUT2D eigenvalue weighted by Gasteiger charge is 2.50. The molecular formula is C27H30O12. The number of phenols is 1. The van der Waals surface area contributed by atoms with Crippen molar-refractivity contribution in [3.63, 3.8) is 0 Å². The second kappa shape index (κ2) is 11.1. The van der Waals surface area contributed by atoms with Gasteiger partial charge in [-0.3, -0.25) is 0 Å². The number of esters is 1. The van der Waals surface area contributed by atoms with Gasteiger partial charge in [-0.05, 0) is 41.5 Å². The average molecular weight is 547 g/mol. The van der Waals surface area contributed by atoms with Gasteiger partial charge in [0.1, 0.15) is 6.10 Å². The van der Waals surface area contributed by atoms with E-state index in [0.717, 1.165) is 6.08 Å². The molecule has 0 saturated heterocycles. The number of fused-ring (bicyclic) bond motifs is 1. The number of aliphatic hydroxyl groups is 4. The molecule has 1 aliphatic carbocycles. The van der Waals surface area contributed by atoms with E-state index in [1.807, 2.05) is 0 Å². The molecule has 0 aromatic heterocycles. The molecule has 1 heterocycles. The van der Waals surface area contributed by atoms with Crippen LogP contribution in [0.25, 0.3) is 6.08 Å². The Morgan fingerprint density at radius 1 is 1.08 bits per heavy atom. The van der Waals surface area contributed by atoms with Crippen LogP contribution in [0.15, 0.2) is 36.4 Å². The second-order valence-electron chi connectivity index (χ2n) is 9.51. The molecule has 0 bridgehead atoms. The van der Waals surface area contributed by atoms with Crippen LogP contribution in [0.5, 0.6) is 23.0 Å². The van der Waals surface area contributed by atoms with Crippen molar-refractivity contribution in [1.82, 2.24) is 0 Å². The third kappa shape index (κ3) is 5.50. The van der Waals surface area contributed by atoms with E-state index < -0.39 is 60.7 Å². The van der Waals surface area contributed by atoms with Crippen molar-refractivity contribution in [3.05, 3.63) is 53.1 Å². The molecule has 4 unspecified atom stereocenters. The van der Waals surface area contributed by atoms with Gasteiger partial charge in [-0.25, -0.2) is 9.59 Å². The predicted molar refractivity (Wildman–Crippen MR) is 134 cm³/mol. The number of ether oxygens (including phenoxy) is 4. The van der Waals surface area contributed by atoms with Crippen molar-refractivity contribution >= 4 is 18.0 Å². The fourth-order valence-electron chi connectivity index (χ4n) is 4.97. The standard InChI is InChI=1S/C27H30O12/c1-36-20-9-14(4-5-17(20)29)23-16(12-28)15-7-13(8-21(37-2)24(15)39-23)3-6-22(32)38-25-18(30)10-27(35,26(33)34)11-19(25)31/h3-9,16,18-19,23,25,28-31,35H,10-12H2,1-2H3,(H,33,34)/b6-3+. The molecule has 2 aliphatic rings. The van der Waals surface area contributed by atoms with Crippen LogP contribution in [0.2, 0.25) is 0 Å². The Hall–Kier alpha value is -3.84. The summed E-state index contributed by atoms with van der Waals surface area (Å²) >= 11 is 0. The fourth-order valence-corrected chi connectivity index (χ4v) is 4.97. The monoisotopic (exact) mass is 546 g/mol. The van der Waals surface area contributed by atoms with Gasteiger partial charge in [0.15, 0.2) is 34.7 Å². The maximum Gasteiger partial charge on any atom is 0.335 e. The normalized spacial score (nSPS) is 28.0. The Kier molecular flexibility index (Phi) is 8.02. The molecule has 4 rings (SSSR count). The van der Waals surface area contributed by atoms with E-state index in [4.69, 9.17) is 24.1 Å². The number of aliphatic carboxylic acids is 1. The maximum absolute atomic E-state index is 12.5. The smallest absolute Gasteiger partial charge is 0.335 e. The Morgan fingerprint density at radius 3 is 2.33 bits per heavy atom. The van der Waals surface area contributed by atoms with E-state index in [9.17, 15) is 35.1 Å². The van der Waals surface area contributed by atoms with E-state index in [0.29, 0.717) is 28.2 Å². The number of phenolic OH excluding ortho intramolecular Hbond substituents is 1. The van der Waals surface area contributed by atoms with E-state index in [1.165, 1.54) is 26.4 Å². The van der Waals surface area contributed by atoms with Crippen LogP contribution in [0.1, 0.15) is 41.6 Å². The van der Waals surface area contributed by atoms with Crippen LogP contribution in [0.3, 0.4) is 0 Å². The highest BCUT2D eigenvalue weighted by Crippen LogP contribution is 2.51. The van der Waals surface area contributed by atoms with Crippen LogP contribution in [0.4, 0.5) is 0 Å². The molecule has 2 aromatic rings. The summed E-state index contributed by atoms with van der Waals surface area (Å²) < 4.78 is 21.9. The third-order valence-corrected chi connectivity index (χ3v) is 6.98. The zero-order valence-electron chi connectivity index (χ0n) is 21.2. The van der Waals surface area contributed by atoms with Crippen LogP contribution >= 0.6 is 0 Å². The number of carbonyl (C=O) groups excluding carboxylic acids is 1. The first kappa shape index (κ1) is 28.2. The van der Waals surface area contributed by atoms with Crippen molar-refractivity contribution in [3.8, 4) is 23.0 Å². The van der Waals surface area contributed by atoms with Gasteiger partial charge in [-0.2, -0.15) is 0 Å². The SMILES string of the molecule is COc1cc(C2Oc3c(OC)cc(/C=C/C(=O)OC4C(O)CC(O)(C(=O)O)CC4O)cc3C2CO)ccc1O. The Morgan fingerprint density at radius 2 is 1.74 bits per heavy atom. The van der Waals surface area contributed by atoms with Crippen LogP contribution in [-0.2, 0) is 14.3 Å². The van der Waals surface area contributed by atoms with Crippen LogP contribution in [-0.4, -0.2) is 87.3 Å². The molecule has 210 valence electrons. The maximum atomic E-state index is 12.5. The topological polar surface area (TPSA) is 192 Å². The number of methoxy groups -OCH3 is 2. The predicted octanol–water partition coefficient (Wildman–Crippen LogP) is 0.875. The van der Waals surface area contributed by atoms with Gasteiger partial charge < -0.3 is 49.6 Å². The largest absolute Gasteiger partial charge is 0.504 e.